The summed E-state index contributed by atoms with van der Waals surface area (Å²) in [6.45, 7) is 5.17. The number of unbranched alkanes of at least 4 members (excludes halogenated alkanes) is 7. The average molecular weight is 353 g/mol. The summed E-state index contributed by atoms with van der Waals surface area (Å²) in [5, 5.41) is 0. The molecule has 25 heavy (non-hydrogen) atoms. The van der Waals surface area contributed by atoms with Crippen LogP contribution in [0.4, 0.5) is 0 Å². The lowest BCUT2D eigenvalue weighted by Crippen LogP contribution is -2.34. The SMILES string of the molecule is CCCCCCCCCOC(=O)C1CC=CCC1C(=O)OCCCC. The molecule has 2 unspecified atom stereocenters. The molecule has 0 amide bonds. The van der Waals surface area contributed by atoms with Crippen molar-refractivity contribution in [2.75, 3.05) is 13.2 Å². The Kier molecular flexibility index (Phi) is 12.1. The third-order valence-electron chi connectivity index (χ3n) is 4.77. The molecule has 1 aliphatic rings. The van der Waals surface area contributed by atoms with Crippen LogP contribution in [0.5, 0.6) is 0 Å². The molecule has 0 bridgehead atoms. The van der Waals surface area contributed by atoms with E-state index in [9.17, 15) is 9.59 Å². The van der Waals surface area contributed by atoms with Gasteiger partial charge in [0.05, 0.1) is 25.0 Å². The van der Waals surface area contributed by atoms with E-state index in [1.54, 1.807) is 0 Å². The van der Waals surface area contributed by atoms with Crippen LogP contribution in [0.1, 0.15) is 84.5 Å². The fourth-order valence-corrected chi connectivity index (χ4v) is 3.10. The molecule has 0 aromatic carbocycles. The van der Waals surface area contributed by atoms with Crippen molar-refractivity contribution in [1.82, 2.24) is 0 Å². The summed E-state index contributed by atoms with van der Waals surface area (Å²) in [7, 11) is 0. The highest BCUT2D eigenvalue weighted by molar-refractivity contribution is 5.82. The van der Waals surface area contributed by atoms with Crippen molar-refractivity contribution in [1.29, 1.82) is 0 Å². The predicted molar refractivity (Wildman–Crippen MR) is 100 cm³/mol. The Bertz CT molecular complexity index is 403. The van der Waals surface area contributed by atoms with Crippen molar-refractivity contribution in [2.24, 2.45) is 11.8 Å². The van der Waals surface area contributed by atoms with Crippen molar-refractivity contribution < 1.29 is 19.1 Å². The van der Waals surface area contributed by atoms with Crippen LogP contribution in [0, 0.1) is 11.8 Å². The number of allylic oxidation sites excluding steroid dienone is 2. The summed E-state index contributed by atoms with van der Waals surface area (Å²) in [6.07, 6.45) is 15.3. The quantitative estimate of drug-likeness (QED) is 0.259. The zero-order valence-electron chi connectivity index (χ0n) is 16.1. The molecular formula is C21H36O4. The number of carbonyl (C=O) groups excluding carboxylic acids is 2. The van der Waals surface area contributed by atoms with Gasteiger partial charge in [0.2, 0.25) is 0 Å². The van der Waals surface area contributed by atoms with Crippen LogP contribution in [0.25, 0.3) is 0 Å². The van der Waals surface area contributed by atoms with E-state index < -0.39 is 0 Å². The number of esters is 2. The van der Waals surface area contributed by atoms with E-state index in [0.717, 1.165) is 25.7 Å². The first-order chi connectivity index (χ1) is 12.2. The largest absolute Gasteiger partial charge is 0.465 e. The fourth-order valence-electron chi connectivity index (χ4n) is 3.10. The molecule has 2 atom stereocenters. The summed E-state index contributed by atoms with van der Waals surface area (Å²) in [5.41, 5.74) is 0. The molecule has 0 saturated carbocycles. The molecule has 4 heteroatoms. The monoisotopic (exact) mass is 352 g/mol. The maximum absolute atomic E-state index is 12.4. The van der Waals surface area contributed by atoms with Gasteiger partial charge in [0, 0.05) is 0 Å². The lowest BCUT2D eigenvalue weighted by Gasteiger charge is -2.25. The van der Waals surface area contributed by atoms with Gasteiger partial charge in [0.25, 0.3) is 0 Å². The Balaban J connectivity index is 2.26. The Morgan fingerprint density at radius 1 is 0.720 bits per heavy atom. The van der Waals surface area contributed by atoms with E-state index >= 15 is 0 Å². The van der Waals surface area contributed by atoms with Gasteiger partial charge in [-0.25, -0.2) is 0 Å². The van der Waals surface area contributed by atoms with Gasteiger partial charge in [0.15, 0.2) is 0 Å². The normalized spacial score (nSPS) is 19.6. The van der Waals surface area contributed by atoms with Gasteiger partial charge in [0.1, 0.15) is 0 Å². The summed E-state index contributed by atoms with van der Waals surface area (Å²) in [5.74, 6) is -1.27. The number of ether oxygens (including phenoxy) is 2. The number of carbonyl (C=O) groups is 2. The van der Waals surface area contributed by atoms with Crippen molar-refractivity contribution in [3.8, 4) is 0 Å². The average Bonchev–Trinajstić information content (AvgIpc) is 2.64. The van der Waals surface area contributed by atoms with Gasteiger partial charge in [-0.3, -0.25) is 9.59 Å². The van der Waals surface area contributed by atoms with Crippen LogP contribution in [0.3, 0.4) is 0 Å². The molecule has 0 aromatic rings. The molecule has 0 N–H and O–H groups in total. The van der Waals surface area contributed by atoms with Crippen molar-refractivity contribution >= 4 is 11.9 Å². The van der Waals surface area contributed by atoms with Crippen molar-refractivity contribution in [3.63, 3.8) is 0 Å². The standard InChI is InChI=1S/C21H36O4/c1-3-5-7-8-9-10-13-17-25-21(23)19-15-12-11-14-18(19)20(22)24-16-6-4-2/h11-12,18-19H,3-10,13-17H2,1-2H3. The van der Waals surface area contributed by atoms with Gasteiger partial charge in [-0.05, 0) is 25.7 Å². The predicted octanol–water partition coefficient (Wildman–Crippen LogP) is 5.21. The molecule has 1 aliphatic carbocycles. The third-order valence-corrected chi connectivity index (χ3v) is 4.77. The Morgan fingerprint density at radius 2 is 1.16 bits per heavy atom. The topological polar surface area (TPSA) is 52.6 Å². The molecule has 0 aromatic heterocycles. The zero-order valence-corrected chi connectivity index (χ0v) is 16.1. The summed E-state index contributed by atoms with van der Waals surface area (Å²) < 4.78 is 10.7. The molecule has 0 spiro atoms. The Labute approximate surface area is 153 Å². The van der Waals surface area contributed by atoms with Crippen LogP contribution < -0.4 is 0 Å². The first kappa shape index (κ1) is 21.7. The van der Waals surface area contributed by atoms with E-state index in [1.165, 1.54) is 32.1 Å². The van der Waals surface area contributed by atoms with Crippen molar-refractivity contribution in [3.05, 3.63) is 12.2 Å². The molecule has 0 fully saturated rings. The number of rotatable bonds is 13. The Hall–Kier alpha value is -1.32. The molecular weight excluding hydrogens is 316 g/mol. The van der Waals surface area contributed by atoms with E-state index in [2.05, 4.69) is 13.8 Å². The minimum absolute atomic E-state index is 0.243. The summed E-state index contributed by atoms with van der Waals surface area (Å²) >= 11 is 0. The van der Waals surface area contributed by atoms with Gasteiger partial charge < -0.3 is 9.47 Å². The van der Waals surface area contributed by atoms with E-state index in [1.807, 2.05) is 12.2 Å². The summed E-state index contributed by atoms with van der Waals surface area (Å²) in [4.78, 5) is 24.6. The van der Waals surface area contributed by atoms with Crippen LogP contribution >= 0.6 is 0 Å². The molecule has 0 saturated heterocycles. The van der Waals surface area contributed by atoms with Gasteiger partial charge in [-0.1, -0.05) is 70.9 Å². The van der Waals surface area contributed by atoms with Crippen LogP contribution in [0.2, 0.25) is 0 Å². The minimum atomic E-state index is -0.386. The highest BCUT2D eigenvalue weighted by Gasteiger charge is 2.36. The maximum atomic E-state index is 12.4. The lowest BCUT2D eigenvalue weighted by atomic mass is 9.83. The fraction of sp³-hybridized carbons (Fsp3) is 0.810. The van der Waals surface area contributed by atoms with E-state index in [4.69, 9.17) is 9.47 Å². The molecule has 0 heterocycles. The minimum Gasteiger partial charge on any atom is -0.465 e. The molecule has 144 valence electrons. The van der Waals surface area contributed by atoms with E-state index in [0.29, 0.717) is 26.1 Å². The molecule has 1 rings (SSSR count). The van der Waals surface area contributed by atoms with Crippen LogP contribution in [-0.2, 0) is 19.1 Å². The highest BCUT2D eigenvalue weighted by Crippen LogP contribution is 2.28. The van der Waals surface area contributed by atoms with Gasteiger partial charge in [-0.2, -0.15) is 0 Å². The number of hydrogen-bond donors (Lipinski definition) is 0. The summed E-state index contributed by atoms with van der Waals surface area (Å²) in [6, 6.07) is 0. The second-order valence-electron chi connectivity index (χ2n) is 6.97. The van der Waals surface area contributed by atoms with Crippen LogP contribution in [-0.4, -0.2) is 25.2 Å². The third kappa shape index (κ3) is 9.08. The lowest BCUT2D eigenvalue weighted by molar-refractivity contribution is -0.161. The van der Waals surface area contributed by atoms with E-state index in [-0.39, 0.29) is 23.8 Å². The first-order valence-electron chi connectivity index (χ1n) is 10.2. The Morgan fingerprint density at radius 3 is 1.68 bits per heavy atom. The smallest absolute Gasteiger partial charge is 0.310 e. The van der Waals surface area contributed by atoms with Gasteiger partial charge in [-0.15, -0.1) is 0 Å². The second kappa shape index (κ2) is 13.9. The number of hydrogen-bond acceptors (Lipinski definition) is 4. The van der Waals surface area contributed by atoms with Gasteiger partial charge >= 0.3 is 11.9 Å². The zero-order chi connectivity index (χ0) is 18.3. The highest BCUT2D eigenvalue weighted by atomic mass is 16.5. The maximum Gasteiger partial charge on any atom is 0.310 e. The van der Waals surface area contributed by atoms with Crippen molar-refractivity contribution in [2.45, 2.75) is 84.5 Å². The van der Waals surface area contributed by atoms with Crippen LogP contribution in [0.15, 0.2) is 12.2 Å². The first-order valence-corrected chi connectivity index (χ1v) is 10.2. The molecule has 4 nitrogen and oxygen atoms in total. The second-order valence-corrected chi connectivity index (χ2v) is 6.97. The molecule has 0 aliphatic heterocycles. The molecule has 0 radical (unpaired) electrons.